The molecule has 0 bridgehead atoms. The first-order chi connectivity index (χ1) is 19.7. The van der Waals surface area contributed by atoms with Crippen molar-refractivity contribution in [2.24, 2.45) is 0 Å². The van der Waals surface area contributed by atoms with Crippen LogP contribution in [-0.4, -0.2) is 70.4 Å². The highest BCUT2D eigenvalue weighted by Crippen LogP contribution is 2.47. The maximum absolute atomic E-state index is 14.2. The number of carbonyl (C=O) groups is 2. The smallest absolute Gasteiger partial charge is 0.303 e. The fourth-order valence-corrected chi connectivity index (χ4v) is 6.18. The van der Waals surface area contributed by atoms with E-state index < -0.39 is 17.3 Å². The van der Waals surface area contributed by atoms with Gasteiger partial charge in [-0.3, -0.25) is 9.59 Å². The summed E-state index contributed by atoms with van der Waals surface area (Å²) >= 11 is 1.54. The van der Waals surface area contributed by atoms with Crippen molar-refractivity contribution in [3.63, 3.8) is 0 Å². The minimum atomic E-state index is -0.984. The molecule has 3 aromatic carbocycles. The van der Waals surface area contributed by atoms with Crippen LogP contribution in [0.1, 0.15) is 30.2 Å². The first-order valence-electron chi connectivity index (χ1n) is 13.5. The normalized spacial score (nSPS) is 17.4. The molecule has 0 spiro atoms. The third kappa shape index (κ3) is 7.15. The molecule has 3 aromatic rings. The summed E-state index contributed by atoms with van der Waals surface area (Å²) in [4.78, 5) is 31.4. The Labute approximate surface area is 246 Å². The van der Waals surface area contributed by atoms with Crippen LogP contribution < -0.4 is 19.1 Å². The summed E-state index contributed by atoms with van der Waals surface area (Å²) in [6.45, 7) is 4.66. The molecule has 218 valence electrons. The molecule has 1 aliphatic rings. The lowest BCUT2D eigenvalue weighted by atomic mass is 10.0. The van der Waals surface area contributed by atoms with Crippen molar-refractivity contribution >= 4 is 29.3 Å². The van der Waals surface area contributed by atoms with Gasteiger partial charge < -0.3 is 28.7 Å². The van der Waals surface area contributed by atoms with E-state index in [1.807, 2.05) is 66.7 Å². The molecule has 9 heteroatoms. The number of carbonyl (C=O) groups excluding carboxylic acids is 2. The van der Waals surface area contributed by atoms with Crippen molar-refractivity contribution in [3.05, 3.63) is 77.9 Å². The van der Waals surface area contributed by atoms with E-state index in [2.05, 4.69) is 18.9 Å². The fraction of sp³-hybridized carbons (Fsp3) is 0.375. The molecule has 1 heterocycles. The Morgan fingerprint density at radius 3 is 2.34 bits per heavy atom. The summed E-state index contributed by atoms with van der Waals surface area (Å²) in [5.74, 6) is 1.39. The zero-order valence-corrected chi connectivity index (χ0v) is 25.3. The molecule has 0 radical (unpaired) electrons. The number of rotatable bonds is 11. The van der Waals surface area contributed by atoms with Crippen LogP contribution in [0.5, 0.6) is 17.2 Å². The molecule has 4 rings (SSSR count). The summed E-state index contributed by atoms with van der Waals surface area (Å²) in [5.41, 5.74) is 2.83. The minimum absolute atomic E-state index is 0.0210. The van der Waals surface area contributed by atoms with Gasteiger partial charge in [-0.2, -0.15) is 0 Å². The van der Waals surface area contributed by atoms with E-state index in [1.165, 1.54) is 18.7 Å². The van der Waals surface area contributed by atoms with Gasteiger partial charge in [-0.1, -0.05) is 30.3 Å². The maximum Gasteiger partial charge on any atom is 0.303 e. The van der Waals surface area contributed by atoms with Crippen molar-refractivity contribution in [2.45, 2.75) is 42.6 Å². The predicted octanol–water partition coefficient (Wildman–Crippen LogP) is 5.39. The molecule has 0 aliphatic carbocycles. The van der Waals surface area contributed by atoms with E-state index in [-0.39, 0.29) is 11.9 Å². The Bertz CT molecular complexity index is 1350. The third-order valence-corrected chi connectivity index (χ3v) is 8.70. The number of anilines is 1. The number of ether oxygens (including phenoxy) is 4. The Morgan fingerprint density at radius 1 is 0.976 bits per heavy atom. The van der Waals surface area contributed by atoms with Gasteiger partial charge in [-0.25, -0.2) is 0 Å². The van der Waals surface area contributed by atoms with Crippen LogP contribution in [-0.2, 0) is 20.7 Å². The number of amides is 1. The second-order valence-corrected chi connectivity index (χ2v) is 11.2. The number of hydrogen-bond acceptors (Lipinski definition) is 8. The highest BCUT2D eigenvalue weighted by atomic mass is 32.2. The molecular formula is C32H38N2O6S. The van der Waals surface area contributed by atoms with E-state index >= 15 is 0 Å². The van der Waals surface area contributed by atoms with Crippen LogP contribution in [0.3, 0.4) is 0 Å². The number of benzene rings is 3. The molecule has 3 atom stereocenters. The molecule has 0 N–H and O–H groups in total. The second kappa shape index (κ2) is 13.8. The van der Waals surface area contributed by atoms with Crippen molar-refractivity contribution < 1.29 is 28.5 Å². The zero-order chi connectivity index (χ0) is 29.5. The molecular weight excluding hydrogens is 540 g/mol. The number of hydrogen-bond donors (Lipinski definition) is 0. The Balaban J connectivity index is 1.57. The van der Waals surface area contributed by atoms with Crippen LogP contribution in [0.2, 0.25) is 0 Å². The van der Waals surface area contributed by atoms with E-state index in [1.54, 1.807) is 26.2 Å². The van der Waals surface area contributed by atoms with Crippen LogP contribution >= 0.6 is 11.8 Å². The summed E-state index contributed by atoms with van der Waals surface area (Å²) in [5, 5.41) is -0.415. The zero-order valence-electron chi connectivity index (χ0n) is 24.5. The average Bonchev–Trinajstić information content (AvgIpc) is 3.10. The van der Waals surface area contributed by atoms with Crippen LogP contribution in [0.4, 0.5) is 5.69 Å². The lowest BCUT2D eigenvalue weighted by Gasteiger charge is -2.33. The second-order valence-electron chi connectivity index (χ2n) is 10.0. The van der Waals surface area contributed by atoms with Crippen molar-refractivity contribution in [1.29, 1.82) is 0 Å². The molecule has 1 amide bonds. The minimum Gasteiger partial charge on any atom is -0.497 e. The van der Waals surface area contributed by atoms with E-state index in [0.29, 0.717) is 18.0 Å². The largest absolute Gasteiger partial charge is 0.497 e. The number of nitrogens with zero attached hydrogens (tertiary/aromatic N) is 2. The molecule has 2 unspecified atom stereocenters. The van der Waals surface area contributed by atoms with Crippen molar-refractivity contribution in [1.82, 2.24) is 4.90 Å². The number of para-hydroxylation sites is 1. The molecule has 8 nitrogen and oxygen atoms in total. The summed E-state index contributed by atoms with van der Waals surface area (Å²) in [6.07, 6.45) is -0.181. The van der Waals surface area contributed by atoms with Crippen LogP contribution in [0, 0.1) is 0 Å². The van der Waals surface area contributed by atoms with Crippen LogP contribution in [0.25, 0.3) is 0 Å². The number of likely N-dealkylation sites (N-methyl/N-ethyl adjacent to an activating group) is 1. The van der Waals surface area contributed by atoms with Crippen LogP contribution in [0.15, 0.2) is 71.6 Å². The van der Waals surface area contributed by atoms with Gasteiger partial charge in [-0.15, -0.1) is 11.8 Å². The van der Waals surface area contributed by atoms with Gasteiger partial charge in [0.2, 0.25) is 0 Å². The highest BCUT2D eigenvalue weighted by Gasteiger charge is 2.41. The number of thioether (sulfide) groups is 1. The van der Waals surface area contributed by atoms with Crippen molar-refractivity contribution in [2.75, 3.05) is 46.4 Å². The van der Waals surface area contributed by atoms with Crippen molar-refractivity contribution in [3.8, 4) is 17.2 Å². The molecule has 0 fully saturated rings. The molecule has 41 heavy (non-hydrogen) atoms. The van der Waals surface area contributed by atoms with E-state index in [4.69, 9.17) is 18.9 Å². The summed E-state index contributed by atoms with van der Waals surface area (Å²) in [7, 11) is 6.92. The standard InChI is InChI=1S/C32H38N2O6S/c1-21(33(3)18-17-23-11-16-27(38-5)28(19-23)39-6)20-34-26-9-7-8-10-29(26)41-31(30(32(34)36)40-22(2)35)24-12-14-25(37-4)15-13-24/h7-16,19,21,30-31H,17-18,20H2,1-6H3/t21?,30?,31-/m0/s1. The monoisotopic (exact) mass is 578 g/mol. The first kappa shape index (κ1) is 30.3. The predicted molar refractivity (Wildman–Crippen MR) is 161 cm³/mol. The van der Waals surface area contributed by atoms with Gasteiger partial charge in [0.25, 0.3) is 5.91 Å². The van der Waals surface area contributed by atoms with Gasteiger partial charge in [0.15, 0.2) is 17.6 Å². The Hall–Kier alpha value is -3.69. The SMILES string of the molecule is COc1ccc([C@@H]2Sc3ccccc3N(CC(C)N(C)CCc3ccc(OC)c(OC)c3)C(=O)C2OC(C)=O)cc1. The van der Waals surface area contributed by atoms with Gasteiger partial charge in [-0.05, 0) is 67.9 Å². The molecule has 0 aromatic heterocycles. The Morgan fingerprint density at radius 2 is 1.68 bits per heavy atom. The lowest BCUT2D eigenvalue weighted by Crippen LogP contribution is -2.48. The van der Waals surface area contributed by atoms with Gasteiger partial charge in [0, 0.05) is 31.0 Å². The molecule has 0 saturated heterocycles. The highest BCUT2D eigenvalue weighted by molar-refractivity contribution is 7.99. The molecule has 0 saturated carbocycles. The summed E-state index contributed by atoms with van der Waals surface area (Å²) < 4.78 is 21.9. The maximum atomic E-state index is 14.2. The van der Waals surface area contributed by atoms with E-state index in [0.717, 1.165) is 40.4 Å². The quantitative estimate of drug-likeness (QED) is 0.281. The lowest BCUT2D eigenvalue weighted by molar-refractivity contribution is -0.152. The first-order valence-corrected chi connectivity index (χ1v) is 14.4. The third-order valence-electron chi connectivity index (χ3n) is 7.33. The fourth-order valence-electron chi connectivity index (χ4n) is 4.86. The average molecular weight is 579 g/mol. The van der Waals surface area contributed by atoms with E-state index in [9.17, 15) is 9.59 Å². The summed E-state index contributed by atoms with van der Waals surface area (Å²) in [6, 6.07) is 21.4. The topological polar surface area (TPSA) is 77.5 Å². The number of esters is 1. The number of methoxy groups -OCH3 is 3. The van der Waals surface area contributed by atoms with Gasteiger partial charge in [0.05, 0.1) is 32.3 Å². The Kier molecular flexibility index (Phi) is 10.2. The number of fused-ring (bicyclic) bond motifs is 1. The van der Waals surface area contributed by atoms with Gasteiger partial charge >= 0.3 is 5.97 Å². The molecule has 1 aliphatic heterocycles. The van der Waals surface area contributed by atoms with Gasteiger partial charge in [0.1, 0.15) is 5.75 Å².